The zero-order valence-electron chi connectivity index (χ0n) is 14.3. The number of Topliss-reactive ketones (excluding diaryl/α,β-unsaturated/α-hetero) is 1. The first-order chi connectivity index (χ1) is 10.9. The smallest absolute Gasteiger partial charge is 0.188 e. The van der Waals surface area contributed by atoms with Crippen LogP contribution in [0, 0.1) is 0 Å². The summed E-state index contributed by atoms with van der Waals surface area (Å²) in [6.45, 7) is 5.28. The Bertz CT molecular complexity index is 573. The molecule has 0 radical (unpaired) electrons. The van der Waals surface area contributed by atoms with Gasteiger partial charge in [-0.25, -0.2) is 0 Å². The quantitative estimate of drug-likeness (QED) is 0.427. The second-order valence-electron chi connectivity index (χ2n) is 5.22. The largest absolute Gasteiger partial charge is 0.507 e. The number of phenolic OH excluding ortho intramolecular Hbond substituents is 1. The Kier molecular flexibility index (Phi) is 7.57. The SMILES string of the molecule is COCOc1cc(O)c(C(C)=O)c(OCOC)c1CC=C(C)C. The normalized spacial score (nSPS) is 10.3. The van der Waals surface area contributed by atoms with Crippen LogP contribution in [-0.2, 0) is 15.9 Å². The summed E-state index contributed by atoms with van der Waals surface area (Å²) in [6.07, 6.45) is 2.47. The van der Waals surface area contributed by atoms with Crippen molar-refractivity contribution in [2.24, 2.45) is 0 Å². The van der Waals surface area contributed by atoms with E-state index in [2.05, 4.69) is 0 Å². The van der Waals surface area contributed by atoms with E-state index < -0.39 is 0 Å². The fourth-order valence-corrected chi connectivity index (χ4v) is 2.03. The number of methoxy groups -OCH3 is 2. The highest BCUT2D eigenvalue weighted by molar-refractivity contribution is 6.00. The van der Waals surface area contributed by atoms with E-state index in [-0.39, 0.29) is 36.4 Å². The second kappa shape index (κ2) is 9.17. The molecule has 6 nitrogen and oxygen atoms in total. The van der Waals surface area contributed by atoms with Crippen LogP contribution in [-0.4, -0.2) is 38.7 Å². The Morgan fingerprint density at radius 1 is 1.13 bits per heavy atom. The van der Waals surface area contributed by atoms with Crippen LogP contribution in [0.1, 0.15) is 36.7 Å². The van der Waals surface area contributed by atoms with E-state index in [1.54, 1.807) is 0 Å². The lowest BCUT2D eigenvalue weighted by Crippen LogP contribution is -2.10. The Hall–Kier alpha value is -2.05. The number of carbonyl (C=O) groups excluding carboxylic acids is 1. The van der Waals surface area contributed by atoms with Crippen molar-refractivity contribution in [1.82, 2.24) is 0 Å². The third-order valence-electron chi connectivity index (χ3n) is 3.04. The maximum atomic E-state index is 11.9. The molecule has 0 aliphatic heterocycles. The van der Waals surface area contributed by atoms with Gasteiger partial charge in [0.15, 0.2) is 19.4 Å². The minimum Gasteiger partial charge on any atom is -0.507 e. The van der Waals surface area contributed by atoms with Gasteiger partial charge in [-0.2, -0.15) is 0 Å². The molecule has 23 heavy (non-hydrogen) atoms. The van der Waals surface area contributed by atoms with Gasteiger partial charge in [-0.05, 0) is 27.2 Å². The van der Waals surface area contributed by atoms with Crippen LogP contribution < -0.4 is 9.47 Å². The van der Waals surface area contributed by atoms with Crippen LogP contribution in [0.15, 0.2) is 17.7 Å². The van der Waals surface area contributed by atoms with Crippen molar-refractivity contribution in [1.29, 1.82) is 0 Å². The number of hydrogen-bond acceptors (Lipinski definition) is 6. The predicted molar refractivity (Wildman–Crippen MR) is 86.3 cm³/mol. The van der Waals surface area contributed by atoms with Crippen molar-refractivity contribution in [3.63, 3.8) is 0 Å². The summed E-state index contributed by atoms with van der Waals surface area (Å²) in [7, 11) is 2.98. The molecular formula is C17H24O6. The van der Waals surface area contributed by atoms with Crippen LogP contribution in [0.25, 0.3) is 0 Å². The van der Waals surface area contributed by atoms with Gasteiger partial charge in [-0.15, -0.1) is 0 Å². The Balaban J connectivity index is 3.48. The molecule has 128 valence electrons. The number of ketones is 1. The predicted octanol–water partition coefficient (Wildman–Crippen LogP) is 3.07. The highest BCUT2D eigenvalue weighted by atomic mass is 16.7. The number of ether oxygens (including phenoxy) is 4. The zero-order chi connectivity index (χ0) is 17.4. The molecule has 0 bridgehead atoms. The highest BCUT2D eigenvalue weighted by Gasteiger charge is 2.23. The summed E-state index contributed by atoms with van der Waals surface area (Å²) >= 11 is 0. The molecule has 0 saturated carbocycles. The van der Waals surface area contributed by atoms with Crippen molar-refractivity contribution in [2.45, 2.75) is 27.2 Å². The van der Waals surface area contributed by atoms with Gasteiger partial charge in [-0.3, -0.25) is 4.79 Å². The van der Waals surface area contributed by atoms with E-state index in [1.807, 2.05) is 19.9 Å². The van der Waals surface area contributed by atoms with Crippen molar-refractivity contribution >= 4 is 5.78 Å². The van der Waals surface area contributed by atoms with Gasteiger partial charge >= 0.3 is 0 Å². The van der Waals surface area contributed by atoms with E-state index in [9.17, 15) is 9.90 Å². The number of benzene rings is 1. The molecule has 6 heteroatoms. The maximum absolute atomic E-state index is 11.9. The number of aromatic hydroxyl groups is 1. The first-order valence-corrected chi connectivity index (χ1v) is 7.19. The summed E-state index contributed by atoms with van der Waals surface area (Å²) in [5.41, 5.74) is 1.88. The van der Waals surface area contributed by atoms with Crippen molar-refractivity contribution in [3.8, 4) is 17.2 Å². The van der Waals surface area contributed by atoms with Crippen LogP contribution >= 0.6 is 0 Å². The van der Waals surface area contributed by atoms with Gasteiger partial charge in [0.2, 0.25) is 0 Å². The van der Waals surface area contributed by atoms with Crippen molar-refractivity contribution in [2.75, 3.05) is 27.8 Å². The van der Waals surface area contributed by atoms with Crippen molar-refractivity contribution in [3.05, 3.63) is 28.8 Å². The summed E-state index contributed by atoms with van der Waals surface area (Å²) < 4.78 is 20.9. The molecule has 1 aromatic carbocycles. The van der Waals surface area contributed by atoms with Gasteiger partial charge in [0.05, 0.1) is 0 Å². The third-order valence-corrected chi connectivity index (χ3v) is 3.04. The molecular weight excluding hydrogens is 300 g/mol. The van der Waals surface area contributed by atoms with E-state index in [4.69, 9.17) is 18.9 Å². The molecule has 0 aliphatic rings. The molecule has 0 aliphatic carbocycles. The average molecular weight is 324 g/mol. The molecule has 0 atom stereocenters. The lowest BCUT2D eigenvalue weighted by Gasteiger charge is -2.18. The summed E-state index contributed by atoms with van der Waals surface area (Å²) in [5.74, 6) is 0.168. The van der Waals surface area contributed by atoms with Crippen LogP contribution in [0.2, 0.25) is 0 Å². The molecule has 0 saturated heterocycles. The molecule has 1 N–H and O–H groups in total. The molecule has 0 unspecified atom stereocenters. The molecule has 0 heterocycles. The first kappa shape index (κ1) is 19.0. The molecule has 0 fully saturated rings. The standard InChI is InChI=1S/C17H24O6/c1-11(2)6-7-13-15(22-9-20-4)8-14(19)16(12(3)18)17(13)23-10-21-5/h6,8,19H,7,9-10H2,1-5H3. The number of hydrogen-bond donors (Lipinski definition) is 1. The number of carbonyl (C=O) groups is 1. The molecule has 0 spiro atoms. The average Bonchev–Trinajstić information content (AvgIpc) is 2.48. The van der Waals surface area contributed by atoms with Crippen molar-refractivity contribution < 1.29 is 28.8 Å². The Morgan fingerprint density at radius 2 is 1.74 bits per heavy atom. The molecule has 1 aromatic rings. The summed E-state index contributed by atoms with van der Waals surface area (Å²) in [6, 6.07) is 1.41. The fraction of sp³-hybridized carbons (Fsp3) is 0.471. The van der Waals surface area contributed by atoms with Crippen LogP contribution in [0.4, 0.5) is 0 Å². The van der Waals surface area contributed by atoms with Crippen LogP contribution in [0.3, 0.4) is 0 Å². The summed E-state index contributed by atoms with van der Waals surface area (Å²) in [5, 5.41) is 10.2. The second-order valence-corrected chi connectivity index (χ2v) is 5.22. The van der Waals surface area contributed by atoms with Crippen LogP contribution in [0.5, 0.6) is 17.2 Å². The van der Waals surface area contributed by atoms with Gasteiger partial charge < -0.3 is 24.1 Å². The van der Waals surface area contributed by atoms with E-state index in [0.29, 0.717) is 17.7 Å². The van der Waals surface area contributed by atoms with Gasteiger partial charge in [-0.1, -0.05) is 11.6 Å². The van der Waals surface area contributed by atoms with E-state index in [0.717, 1.165) is 5.57 Å². The first-order valence-electron chi connectivity index (χ1n) is 7.19. The highest BCUT2D eigenvalue weighted by Crippen LogP contribution is 2.40. The number of allylic oxidation sites excluding steroid dienone is 2. The number of rotatable bonds is 9. The maximum Gasteiger partial charge on any atom is 0.188 e. The number of phenols is 1. The van der Waals surface area contributed by atoms with E-state index in [1.165, 1.54) is 27.2 Å². The fourth-order valence-electron chi connectivity index (χ4n) is 2.03. The Morgan fingerprint density at radius 3 is 2.26 bits per heavy atom. The monoisotopic (exact) mass is 324 g/mol. The summed E-state index contributed by atoms with van der Waals surface area (Å²) in [4.78, 5) is 11.9. The lowest BCUT2D eigenvalue weighted by molar-refractivity contribution is 0.0440. The van der Waals surface area contributed by atoms with Gasteiger partial charge in [0.1, 0.15) is 22.8 Å². The third kappa shape index (κ3) is 5.26. The lowest BCUT2D eigenvalue weighted by atomic mass is 10.00. The topological polar surface area (TPSA) is 74.2 Å². The molecule has 0 aromatic heterocycles. The van der Waals surface area contributed by atoms with E-state index >= 15 is 0 Å². The van der Waals surface area contributed by atoms with Gasteiger partial charge in [0.25, 0.3) is 0 Å². The Labute approximate surface area is 136 Å². The minimum absolute atomic E-state index is 0.0183. The van der Waals surface area contributed by atoms with Gasteiger partial charge in [0, 0.05) is 25.8 Å². The minimum atomic E-state index is -0.301. The molecule has 1 rings (SSSR count). The zero-order valence-corrected chi connectivity index (χ0v) is 14.3. The molecule has 0 amide bonds.